The van der Waals surface area contributed by atoms with Gasteiger partial charge in [0.25, 0.3) is 0 Å². The molecule has 0 aliphatic rings. The third-order valence-corrected chi connectivity index (χ3v) is 2.07. The van der Waals surface area contributed by atoms with Crippen LogP contribution in [0.2, 0.25) is 5.02 Å². The molecule has 0 aliphatic carbocycles. The lowest BCUT2D eigenvalue weighted by Crippen LogP contribution is -2.37. The molecule has 0 aliphatic heterocycles. The molecular formula is C9H10ClN5O. The van der Waals surface area contributed by atoms with Crippen molar-refractivity contribution >= 4 is 23.2 Å². The Morgan fingerprint density at radius 1 is 1.69 bits per heavy atom. The number of hydrogen-bond acceptors (Lipinski definition) is 3. The molecule has 0 spiro atoms. The van der Waals surface area contributed by atoms with E-state index >= 15 is 0 Å². The smallest absolute Gasteiger partial charge is 0.240 e. The highest BCUT2D eigenvalue weighted by atomic mass is 35.5. The second-order valence-corrected chi connectivity index (χ2v) is 3.46. The highest BCUT2D eigenvalue weighted by Crippen LogP contribution is 2.15. The maximum Gasteiger partial charge on any atom is 0.240 e. The molecule has 0 fully saturated rings. The van der Waals surface area contributed by atoms with Crippen LogP contribution >= 0.6 is 11.6 Å². The number of primary amides is 1. The van der Waals surface area contributed by atoms with Crippen LogP contribution in [0.3, 0.4) is 0 Å². The molecule has 1 rings (SSSR count). The van der Waals surface area contributed by atoms with Crippen molar-refractivity contribution in [3.05, 3.63) is 39.7 Å². The first kappa shape index (κ1) is 12.2. The second kappa shape index (κ2) is 5.85. The summed E-state index contributed by atoms with van der Waals surface area (Å²) >= 11 is 5.77. The molecule has 0 radical (unpaired) electrons. The maximum atomic E-state index is 11.0. The van der Waals surface area contributed by atoms with Gasteiger partial charge in [-0.3, -0.25) is 4.79 Å². The number of amides is 1. The van der Waals surface area contributed by atoms with E-state index < -0.39 is 11.9 Å². The highest BCUT2D eigenvalue weighted by Gasteiger charge is 2.13. The van der Waals surface area contributed by atoms with Gasteiger partial charge in [0.15, 0.2) is 0 Å². The summed E-state index contributed by atoms with van der Waals surface area (Å²) in [5.74, 6) is -0.590. The zero-order valence-corrected chi connectivity index (χ0v) is 9.05. The summed E-state index contributed by atoms with van der Waals surface area (Å²) in [6, 6.07) is 6.08. The summed E-state index contributed by atoms with van der Waals surface area (Å²) in [5.41, 5.74) is 14.0. The van der Waals surface area contributed by atoms with Gasteiger partial charge in [0.05, 0.1) is 6.54 Å². The molecule has 3 N–H and O–H groups in total. The number of nitrogens with one attached hydrogen (secondary N) is 1. The third kappa shape index (κ3) is 3.68. The lowest BCUT2D eigenvalue weighted by Gasteiger charge is -2.14. The van der Waals surface area contributed by atoms with Crippen molar-refractivity contribution in [1.82, 2.24) is 0 Å². The number of nitrogens with zero attached hydrogens (tertiary/aromatic N) is 3. The topological polar surface area (TPSA) is 104 Å². The number of carbonyl (C=O) groups excluding carboxylic acids is 1. The molecule has 84 valence electrons. The fraction of sp³-hybridized carbons (Fsp3) is 0.222. The number of benzene rings is 1. The summed E-state index contributed by atoms with van der Waals surface area (Å²) in [5, 5.41) is 6.67. The molecule has 0 heterocycles. The average Bonchev–Trinajstić information content (AvgIpc) is 2.24. The second-order valence-electron chi connectivity index (χ2n) is 3.02. The molecule has 0 aromatic heterocycles. The lowest BCUT2D eigenvalue weighted by molar-refractivity contribution is -0.118. The zero-order valence-electron chi connectivity index (χ0n) is 8.30. The largest absolute Gasteiger partial charge is 0.374 e. The first-order valence-electron chi connectivity index (χ1n) is 4.45. The SMILES string of the molecule is [N-]=[N+]=NCC(Nc1cccc(Cl)c1)C(N)=O. The minimum atomic E-state index is -0.741. The molecule has 1 unspecified atom stereocenters. The van der Waals surface area contributed by atoms with Gasteiger partial charge in [-0.25, -0.2) is 0 Å². The summed E-state index contributed by atoms with van der Waals surface area (Å²) < 4.78 is 0. The third-order valence-electron chi connectivity index (χ3n) is 1.84. The van der Waals surface area contributed by atoms with Gasteiger partial charge in [0.1, 0.15) is 6.04 Å². The Hall–Kier alpha value is -1.91. The molecule has 0 saturated heterocycles. The number of carbonyl (C=O) groups is 1. The molecule has 7 heteroatoms. The van der Waals surface area contributed by atoms with Crippen LogP contribution < -0.4 is 11.1 Å². The number of halogens is 1. The van der Waals surface area contributed by atoms with Gasteiger partial charge in [0.2, 0.25) is 5.91 Å². The maximum absolute atomic E-state index is 11.0. The van der Waals surface area contributed by atoms with Crippen LogP contribution in [0, 0.1) is 0 Å². The van der Waals surface area contributed by atoms with Gasteiger partial charge in [-0.05, 0) is 23.7 Å². The van der Waals surface area contributed by atoms with Gasteiger partial charge in [-0.2, -0.15) is 0 Å². The first-order valence-corrected chi connectivity index (χ1v) is 4.83. The van der Waals surface area contributed by atoms with E-state index in [0.29, 0.717) is 10.7 Å². The van der Waals surface area contributed by atoms with E-state index in [1.54, 1.807) is 24.3 Å². The predicted octanol–water partition coefficient (Wildman–Crippen LogP) is 1.92. The molecule has 1 atom stereocenters. The molecule has 0 bridgehead atoms. The Labute approximate surface area is 97.0 Å². The number of nitrogens with two attached hydrogens (primary N) is 1. The highest BCUT2D eigenvalue weighted by molar-refractivity contribution is 6.30. The van der Waals surface area contributed by atoms with Gasteiger partial charge in [-0.15, -0.1) is 0 Å². The van der Waals surface area contributed by atoms with Crippen LogP contribution in [-0.2, 0) is 4.79 Å². The minimum absolute atomic E-state index is 0.0433. The number of hydrogen-bond donors (Lipinski definition) is 2. The fourth-order valence-corrected chi connectivity index (χ4v) is 1.29. The van der Waals surface area contributed by atoms with E-state index in [4.69, 9.17) is 22.9 Å². The van der Waals surface area contributed by atoms with Crippen LogP contribution in [0.4, 0.5) is 5.69 Å². The summed E-state index contributed by atoms with van der Waals surface area (Å²) in [7, 11) is 0. The Bertz CT molecular complexity index is 430. The monoisotopic (exact) mass is 239 g/mol. The number of rotatable bonds is 5. The van der Waals surface area contributed by atoms with Gasteiger partial charge in [0, 0.05) is 15.6 Å². The minimum Gasteiger partial charge on any atom is -0.374 e. The van der Waals surface area contributed by atoms with E-state index in [-0.39, 0.29) is 6.54 Å². The zero-order chi connectivity index (χ0) is 12.0. The van der Waals surface area contributed by atoms with Crippen molar-refractivity contribution in [3.63, 3.8) is 0 Å². The van der Waals surface area contributed by atoms with E-state index in [1.807, 2.05) is 0 Å². The molecule has 1 amide bonds. The Morgan fingerprint density at radius 2 is 2.44 bits per heavy atom. The summed E-state index contributed by atoms with van der Waals surface area (Å²) in [4.78, 5) is 13.6. The van der Waals surface area contributed by atoms with Gasteiger partial charge >= 0.3 is 0 Å². The number of anilines is 1. The van der Waals surface area contributed by atoms with Crippen molar-refractivity contribution in [1.29, 1.82) is 0 Å². The standard InChI is InChI=1S/C9H10ClN5O/c10-6-2-1-3-7(4-6)14-8(9(11)16)5-13-15-12/h1-4,8,14H,5H2,(H2,11,16). The lowest BCUT2D eigenvalue weighted by atomic mass is 10.2. The van der Waals surface area contributed by atoms with Crippen molar-refractivity contribution in [2.24, 2.45) is 10.8 Å². The van der Waals surface area contributed by atoms with Crippen molar-refractivity contribution in [3.8, 4) is 0 Å². The molecule has 16 heavy (non-hydrogen) atoms. The van der Waals surface area contributed by atoms with E-state index in [1.165, 1.54) is 0 Å². The fourth-order valence-electron chi connectivity index (χ4n) is 1.10. The predicted molar refractivity (Wildman–Crippen MR) is 62.1 cm³/mol. The van der Waals surface area contributed by atoms with Crippen molar-refractivity contribution in [2.75, 3.05) is 11.9 Å². The Kier molecular flexibility index (Phi) is 4.44. The molecule has 0 saturated carbocycles. The quantitative estimate of drug-likeness (QED) is 0.466. The molecular weight excluding hydrogens is 230 g/mol. The average molecular weight is 240 g/mol. The number of azide groups is 1. The Balaban J connectivity index is 2.75. The Morgan fingerprint density at radius 3 is 3.00 bits per heavy atom. The van der Waals surface area contributed by atoms with Crippen LogP contribution in [0.1, 0.15) is 0 Å². The summed E-state index contributed by atoms with van der Waals surface area (Å²) in [6.45, 7) is -0.0433. The summed E-state index contributed by atoms with van der Waals surface area (Å²) in [6.07, 6.45) is 0. The van der Waals surface area contributed by atoms with Gasteiger partial charge < -0.3 is 11.1 Å². The van der Waals surface area contributed by atoms with Crippen molar-refractivity contribution < 1.29 is 4.79 Å². The molecule has 1 aromatic rings. The van der Waals surface area contributed by atoms with Crippen LogP contribution in [-0.4, -0.2) is 18.5 Å². The van der Waals surface area contributed by atoms with Gasteiger partial charge in [-0.1, -0.05) is 22.8 Å². The van der Waals surface area contributed by atoms with Crippen LogP contribution in [0.5, 0.6) is 0 Å². The van der Waals surface area contributed by atoms with Crippen LogP contribution in [0.25, 0.3) is 10.4 Å². The van der Waals surface area contributed by atoms with E-state index in [2.05, 4.69) is 15.3 Å². The van der Waals surface area contributed by atoms with E-state index in [0.717, 1.165) is 0 Å². The van der Waals surface area contributed by atoms with Crippen LogP contribution in [0.15, 0.2) is 29.4 Å². The molecule has 1 aromatic carbocycles. The van der Waals surface area contributed by atoms with E-state index in [9.17, 15) is 4.79 Å². The molecule has 6 nitrogen and oxygen atoms in total. The first-order chi connectivity index (χ1) is 7.63. The van der Waals surface area contributed by atoms with Crippen molar-refractivity contribution in [2.45, 2.75) is 6.04 Å². The normalized spacial score (nSPS) is 11.3.